The first-order chi connectivity index (χ1) is 18.6. The lowest BCUT2D eigenvalue weighted by Gasteiger charge is -2.35. The number of anilines is 1. The minimum atomic E-state index is -0.311. The number of rotatable bonds is 5. The molecular weight excluding hydrogens is 472 g/mol. The maximum Gasteiger partial charge on any atom is 0.255 e. The molecule has 0 saturated carbocycles. The lowest BCUT2D eigenvalue weighted by atomic mass is 9.79. The smallest absolute Gasteiger partial charge is 0.255 e. The van der Waals surface area contributed by atoms with Crippen LogP contribution in [0.4, 0.5) is 5.69 Å². The predicted octanol–water partition coefficient (Wildman–Crippen LogP) is 5.60. The minimum Gasteiger partial charge on any atom is -0.337 e. The van der Waals surface area contributed by atoms with E-state index in [4.69, 9.17) is 5.73 Å². The quantitative estimate of drug-likeness (QED) is 0.370. The van der Waals surface area contributed by atoms with E-state index in [9.17, 15) is 9.59 Å². The molecule has 6 heteroatoms. The topological polar surface area (TPSA) is 88.3 Å². The molecule has 6 nitrogen and oxygen atoms in total. The summed E-state index contributed by atoms with van der Waals surface area (Å²) in [6.45, 7) is 0.736. The number of carbonyl (C=O) groups excluding carboxylic acids is 2. The zero-order valence-electron chi connectivity index (χ0n) is 21.3. The number of amides is 2. The number of nitrogens with two attached hydrogens (primary N) is 1. The molecule has 3 atom stereocenters. The number of carbonyl (C=O) groups is 2. The summed E-state index contributed by atoms with van der Waals surface area (Å²) in [5.74, 6) is -0.109. The van der Waals surface area contributed by atoms with Gasteiger partial charge in [0.25, 0.3) is 5.91 Å². The van der Waals surface area contributed by atoms with Gasteiger partial charge in [0.2, 0.25) is 5.91 Å². The standard InChI is InChI=1S/C32H32N4O2/c33-30(23-12-14-24(15-13-23)31(37)35-25-16-18-34-19-17-25)28-9-4-20-36(28)32(38)27-8-3-6-22-11-10-21-5-1-2-7-26(21)29(22)27/h1-2,5,7,10-19,27-28,30H,3-4,6,8-9,20,33H2,(H,34,35,37). The maximum absolute atomic E-state index is 14.1. The van der Waals surface area contributed by atoms with Crippen molar-refractivity contribution in [2.45, 2.75) is 50.1 Å². The van der Waals surface area contributed by atoms with Crippen LogP contribution in [0.1, 0.15) is 64.7 Å². The summed E-state index contributed by atoms with van der Waals surface area (Å²) in [5.41, 5.74) is 11.5. The first-order valence-corrected chi connectivity index (χ1v) is 13.5. The molecule has 1 fully saturated rings. The molecule has 38 heavy (non-hydrogen) atoms. The van der Waals surface area contributed by atoms with Crippen molar-refractivity contribution in [3.05, 3.63) is 107 Å². The molecular formula is C32H32N4O2. The SMILES string of the molecule is NC(c1ccc(C(=O)Nc2ccncc2)cc1)C1CCCN1C(=O)C1CCCc2ccc3ccccc3c21. The molecule has 3 aromatic carbocycles. The van der Waals surface area contributed by atoms with Gasteiger partial charge in [-0.05, 0) is 83.8 Å². The Bertz CT molecular complexity index is 1470. The van der Waals surface area contributed by atoms with Crippen LogP contribution in [0.25, 0.3) is 10.8 Å². The van der Waals surface area contributed by atoms with Gasteiger partial charge in [-0.15, -0.1) is 0 Å². The number of hydrogen-bond donors (Lipinski definition) is 2. The number of aryl methyl sites for hydroxylation is 1. The van der Waals surface area contributed by atoms with Crippen LogP contribution in [0.15, 0.2) is 85.2 Å². The van der Waals surface area contributed by atoms with Crippen molar-refractivity contribution < 1.29 is 9.59 Å². The molecule has 3 unspecified atom stereocenters. The Morgan fingerprint density at radius 3 is 2.53 bits per heavy atom. The second kappa shape index (κ2) is 10.4. The van der Waals surface area contributed by atoms with Crippen LogP contribution in [0, 0.1) is 0 Å². The molecule has 1 aliphatic heterocycles. The van der Waals surface area contributed by atoms with Crippen molar-refractivity contribution in [3.63, 3.8) is 0 Å². The summed E-state index contributed by atoms with van der Waals surface area (Å²) >= 11 is 0. The Morgan fingerprint density at radius 2 is 1.71 bits per heavy atom. The highest BCUT2D eigenvalue weighted by Crippen LogP contribution is 2.40. The normalized spacial score (nSPS) is 19.7. The van der Waals surface area contributed by atoms with Crippen LogP contribution in [0.3, 0.4) is 0 Å². The number of hydrogen-bond acceptors (Lipinski definition) is 4. The fraction of sp³-hybridized carbons (Fsp3) is 0.281. The lowest BCUT2D eigenvalue weighted by Crippen LogP contribution is -2.44. The second-order valence-corrected chi connectivity index (χ2v) is 10.4. The molecule has 6 rings (SSSR count). The van der Waals surface area contributed by atoms with Gasteiger partial charge >= 0.3 is 0 Å². The largest absolute Gasteiger partial charge is 0.337 e. The van der Waals surface area contributed by atoms with Gasteiger partial charge in [-0.2, -0.15) is 0 Å². The minimum absolute atomic E-state index is 0.0562. The Labute approximate surface area is 222 Å². The predicted molar refractivity (Wildman–Crippen MR) is 150 cm³/mol. The van der Waals surface area contributed by atoms with Crippen LogP contribution in [-0.2, 0) is 11.2 Å². The summed E-state index contributed by atoms with van der Waals surface area (Å²) in [7, 11) is 0. The van der Waals surface area contributed by atoms with Gasteiger partial charge in [0.1, 0.15) is 0 Å². The molecule has 0 spiro atoms. The van der Waals surface area contributed by atoms with E-state index in [2.05, 4.69) is 46.7 Å². The molecule has 2 heterocycles. The van der Waals surface area contributed by atoms with Crippen LogP contribution in [-0.4, -0.2) is 34.3 Å². The molecule has 1 aromatic heterocycles. The number of benzene rings is 3. The number of nitrogens with one attached hydrogen (secondary N) is 1. The van der Waals surface area contributed by atoms with E-state index < -0.39 is 0 Å². The summed E-state index contributed by atoms with van der Waals surface area (Å²) in [6.07, 6.45) is 8.03. The van der Waals surface area contributed by atoms with Gasteiger partial charge in [-0.1, -0.05) is 48.5 Å². The van der Waals surface area contributed by atoms with Gasteiger partial charge < -0.3 is 16.0 Å². The van der Waals surface area contributed by atoms with Gasteiger partial charge in [0.05, 0.1) is 18.0 Å². The highest BCUT2D eigenvalue weighted by Gasteiger charge is 2.39. The number of nitrogens with zero attached hydrogens (tertiary/aromatic N) is 2. The van der Waals surface area contributed by atoms with E-state index in [-0.39, 0.29) is 29.8 Å². The van der Waals surface area contributed by atoms with E-state index in [1.165, 1.54) is 21.9 Å². The van der Waals surface area contributed by atoms with Crippen LogP contribution in [0.5, 0.6) is 0 Å². The first kappa shape index (κ1) is 24.3. The Balaban J connectivity index is 1.21. The number of likely N-dealkylation sites (tertiary alicyclic amines) is 1. The first-order valence-electron chi connectivity index (χ1n) is 13.5. The van der Waals surface area contributed by atoms with Crippen molar-refractivity contribution in [2.75, 3.05) is 11.9 Å². The second-order valence-electron chi connectivity index (χ2n) is 10.4. The molecule has 1 saturated heterocycles. The highest BCUT2D eigenvalue weighted by atomic mass is 16.2. The Kier molecular flexibility index (Phi) is 6.64. The van der Waals surface area contributed by atoms with Crippen LogP contribution < -0.4 is 11.1 Å². The molecule has 0 radical (unpaired) electrons. The molecule has 192 valence electrons. The molecule has 4 aromatic rings. The van der Waals surface area contributed by atoms with E-state index in [1.807, 2.05) is 17.0 Å². The van der Waals surface area contributed by atoms with E-state index in [0.29, 0.717) is 11.3 Å². The lowest BCUT2D eigenvalue weighted by molar-refractivity contribution is -0.134. The Hall–Kier alpha value is -4.03. The zero-order chi connectivity index (χ0) is 26.1. The van der Waals surface area contributed by atoms with Crippen LogP contribution >= 0.6 is 0 Å². The third kappa shape index (κ3) is 4.56. The summed E-state index contributed by atoms with van der Waals surface area (Å²) in [5, 5.41) is 5.26. The average Bonchev–Trinajstić information content (AvgIpc) is 3.46. The number of aromatic nitrogens is 1. The summed E-state index contributed by atoms with van der Waals surface area (Å²) in [6, 6.07) is 23.3. The van der Waals surface area contributed by atoms with Crippen molar-refractivity contribution in [1.82, 2.24) is 9.88 Å². The van der Waals surface area contributed by atoms with Gasteiger partial charge in [0.15, 0.2) is 0 Å². The molecule has 0 bridgehead atoms. The van der Waals surface area contributed by atoms with E-state index in [1.54, 1.807) is 36.7 Å². The van der Waals surface area contributed by atoms with Crippen LogP contribution in [0.2, 0.25) is 0 Å². The van der Waals surface area contributed by atoms with Gasteiger partial charge in [0, 0.05) is 30.2 Å². The number of pyridine rings is 1. The van der Waals surface area contributed by atoms with E-state index >= 15 is 0 Å². The van der Waals surface area contributed by atoms with Crippen molar-refractivity contribution in [3.8, 4) is 0 Å². The fourth-order valence-electron chi connectivity index (χ4n) is 6.22. The Morgan fingerprint density at radius 1 is 0.921 bits per heavy atom. The van der Waals surface area contributed by atoms with Gasteiger partial charge in [-0.25, -0.2) is 0 Å². The van der Waals surface area contributed by atoms with E-state index in [0.717, 1.165) is 44.2 Å². The molecule has 2 aliphatic rings. The summed E-state index contributed by atoms with van der Waals surface area (Å²) < 4.78 is 0. The molecule has 2 amide bonds. The van der Waals surface area contributed by atoms with Crippen molar-refractivity contribution >= 4 is 28.3 Å². The maximum atomic E-state index is 14.1. The average molecular weight is 505 g/mol. The number of fused-ring (bicyclic) bond motifs is 3. The van der Waals surface area contributed by atoms with Crippen molar-refractivity contribution in [1.29, 1.82) is 0 Å². The summed E-state index contributed by atoms with van der Waals surface area (Å²) in [4.78, 5) is 32.7. The highest BCUT2D eigenvalue weighted by molar-refractivity contribution is 6.04. The molecule has 1 aliphatic carbocycles. The fourth-order valence-corrected chi connectivity index (χ4v) is 6.22. The molecule has 3 N–H and O–H groups in total. The monoisotopic (exact) mass is 504 g/mol. The zero-order valence-corrected chi connectivity index (χ0v) is 21.3. The third-order valence-corrected chi connectivity index (χ3v) is 8.14. The third-order valence-electron chi connectivity index (χ3n) is 8.14. The van der Waals surface area contributed by atoms with Gasteiger partial charge in [-0.3, -0.25) is 14.6 Å². The van der Waals surface area contributed by atoms with Crippen molar-refractivity contribution in [2.24, 2.45) is 5.73 Å².